The van der Waals surface area contributed by atoms with Gasteiger partial charge in [0, 0.05) is 6.42 Å². The Morgan fingerprint density at radius 3 is 1.77 bits per heavy atom. The lowest BCUT2D eigenvalue weighted by Gasteiger charge is -2.36. The summed E-state index contributed by atoms with van der Waals surface area (Å²) in [5.41, 5.74) is -3.15. The fourth-order valence-electron chi connectivity index (χ4n) is 3.70. The van der Waals surface area contributed by atoms with Crippen LogP contribution in [-0.4, -0.2) is 54.8 Å². The summed E-state index contributed by atoms with van der Waals surface area (Å²) in [7, 11) is -8.54. The van der Waals surface area contributed by atoms with Crippen molar-refractivity contribution in [3.8, 4) is 5.75 Å². The monoisotopic (exact) mass is 534 g/mol. The molecule has 198 valence electrons. The predicted molar refractivity (Wildman–Crippen MR) is 130 cm³/mol. The normalized spacial score (nSPS) is 18.5. The van der Waals surface area contributed by atoms with Crippen molar-refractivity contribution in [2.24, 2.45) is 0 Å². The van der Waals surface area contributed by atoms with E-state index in [1.54, 1.807) is 60.6 Å². The second-order valence-corrected chi connectivity index (χ2v) is 13.5. The van der Waals surface area contributed by atoms with Gasteiger partial charge in [0.1, 0.15) is 11.4 Å². The number of hydrogen-bond donors (Lipinski definition) is 0. The Kier molecular flexibility index (Phi) is 9.90. The zero-order chi connectivity index (χ0) is 26.5. The molecule has 1 unspecified atom stereocenters. The maximum Gasteiger partial charge on any atom is 0.359 e. The number of benzene rings is 1. The number of carbonyl (C=O) groups excluding carboxylic acids is 2. The van der Waals surface area contributed by atoms with Crippen LogP contribution in [0, 0.1) is 0 Å². The summed E-state index contributed by atoms with van der Waals surface area (Å²) in [6, 6.07) is 6.31. The number of rotatable bonds is 13. The van der Waals surface area contributed by atoms with E-state index in [2.05, 4.69) is 0 Å². The maximum absolute atomic E-state index is 14.0. The summed E-state index contributed by atoms with van der Waals surface area (Å²) < 4.78 is 61.6. The Bertz CT molecular complexity index is 952. The van der Waals surface area contributed by atoms with Crippen LogP contribution in [0.2, 0.25) is 0 Å². The third-order valence-electron chi connectivity index (χ3n) is 4.95. The van der Waals surface area contributed by atoms with Crippen molar-refractivity contribution in [3.63, 3.8) is 0 Å². The van der Waals surface area contributed by atoms with Gasteiger partial charge in [-0.3, -0.25) is 13.9 Å². The molecule has 1 aromatic rings. The molecule has 1 heterocycles. The Hall–Kier alpha value is -1.54. The third kappa shape index (κ3) is 6.43. The summed E-state index contributed by atoms with van der Waals surface area (Å²) in [6.45, 7) is 11.1. The highest BCUT2D eigenvalue weighted by Gasteiger charge is 2.63. The molecular weight excluding hydrogens is 498 g/mol. The Morgan fingerprint density at radius 2 is 1.37 bits per heavy atom. The van der Waals surface area contributed by atoms with Gasteiger partial charge in [-0.2, -0.15) is 0 Å². The minimum absolute atomic E-state index is 0.0551. The zero-order valence-electron chi connectivity index (χ0n) is 21.4. The average molecular weight is 534 g/mol. The van der Waals surface area contributed by atoms with Crippen LogP contribution in [0.15, 0.2) is 24.3 Å². The summed E-state index contributed by atoms with van der Waals surface area (Å²) >= 11 is 0. The van der Waals surface area contributed by atoms with Crippen LogP contribution in [-0.2, 0) is 36.8 Å². The molecule has 1 aromatic carbocycles. The lowest BCUT2D eigenvalue weighted by molar-refractivity contribution is -0.168. The van der Waals surface area contributed by atoms with Gasteiger partial charge in [-0.1, -0.05) is 12.1 Å². The molecule has 0 bridgehead atoms. The van der Waals surface area contributed by atoms with E-state index >= 15 is 0 Å². The van der Waals surface area contributed by atoms with E-state index in [1.165, 1.54) is 12.1 Å². The Labute approximate surface area is 207 Å². The van der Waals surface area contributed by atoms with Gasteiger partial charge < -0.3 is 27.6 Å². The topological polar surface area (TPSA) is 124 Å². The molecule has 1 atom stereocenters. The molecule has 0 N–H and O–H groups in total. The molecule has 1 aliphatic rings. The highest BCUT2D eigenvalue weighted by molar-refractivity contribution is 7.72. The number of Topliss-reactive ketones (excluding diaryl/α,β-unsaturated/α-hetero) is 1. The molecule has 0 aromatic heterocycles. The average Bonchev–Trinajstić information content (AvgIpc) is 3.04. The number of esters is 1. The highest BCUT2D eigenvalue weighted by atomic mass is 31.2. The van der Waals surface area contributed by atoms with Crippen molar-refractivity contribution in [2.75, 3.05) is 26.4 Å². The molecule has 0 saturated carbocycles. The number of carbonyl (C=O) groups is 2. The van der Waals surface area contributed by atoms with E-state index in [4.69, 9.17) is 27.6 Å². The summed E-state index contributed by atoms with van der Waals surface area (Å²) in [5.74, 6) is -1.59. The van der Waals surface area contributed by atoms with Crippen molar-refractivity contribution >= 4 is 26.9 Å². The van der Waals surface area contributed by atoms with E-state index in [9.17, 15) is 18.7 Å². The van der Waals surface area contributed by atoms with Gasteiger partial charge >= 0.3 is 21.2 Å². The van der Waals surface area contributed by atoms with Crippen LogP contribution in [0.25, 0.3) is 0 Å². The lowest BCUT2D eigenvalue weighted by Crippen LogP contribution is -2.53. The van der Waals surface area contributed by atoms with Gasteiger partial charge in [0.15, 0.2) is 5.40 Å². The summed E-state index contributed by atoms with van der Waals surface area (Å²) in [4.78, 5) is 27.3. The van der Waals surface area contributed by atoms with Crippen LogP contribution in [0.5, 0.6) is 5.75 Å². The van der Waals surface area contributed by atoms with E-state index in [-0.39, 0.29) is 37.7 Å². The number of para-hydroxylation sites is 1. The first-order valence-corrected chi connectivity index (χ1v) is 14.9. The van der Waals surface area contributed by atoms with Gasteiger partial charge in [-0.15, -0.1) is 0 Å². The summed E-state index contributed by atoms with van der Waals surface area (Å²) in [5, 5.41) is -1.65. The standard InChI is InChI=1S/C23H36O10P2/c1-8-28-34(26,29-9-2)19(35(27,30-10-3)31-11-4)16-23(21(25)33-22(5,6)7)20(24)17-14-12-13-15-18(17)32-23/h12-15,19H,8-11,16H2,1-7H3. The highest BCUT2D eigenvalue weighted by Crippen LogP contribution is 2.72. The summed E-state index contributed by atoms with van der Waals surface area (Å²) in [6.07, 6.45) is -0.677. The molecule has 0 radical (unpaired) electrons. The van der Waals surface area contributed by atoms with E-state index in [1.807, 2.05) is 0 Å². The quantitative estimate of drug-likeness (QED) is 0.180. The van der Waals surface area contributed by atoms with Crippen LogP contribution >= 0.6 is 15.2 Å². The fraction of sp³-hybridized carbons (Fsp3) is 0.652. The molecule has 0 spiro atoms. The van der Waals surface area contributed by atoms with E-state index < -0.39 is 50.0 Å². The van der Waals surface area contributed by atoms with Crippen LogP contribution in [0.1, 0.15) is 65.2 Å². The van der Waals surface area contributed by atoms with Gasteiger partial charge in [0.05, 0.1) is 32.0 Å². The van der Waals surface area contributed by atoms with Crippen molar-refractivity contribution in [1.82, 2.24) is 0 Å². The van der Waals surface area contributed by atoms with Gasteiger partial charge in [-0.25, -0.2) is 4.79 Å². The number of ether oxygens (including phenoxy) is 2. The number of hydrogen-bond acceptors (Lipinski definition) is 10. The number of fused-ring (bicyclic) bond motifs is 1. The first kappa shape index (κ1) is 29.7. The smallest absolute Gasteiger partial charge is 0.359 e. The lowest BCUT2D eigenvalue weighted by atomic mass is 9.92. The molecule has 12 heteroatoms. The zero-order valence-corrected chi connectivity index (χ0v) is 23.2. The van der Waals surface area contributed by atoms with Gasteiger partial charge in [0.2, 0.25) is 5.78 Å². The number of ketones is 1. The minimum Gasteiger partial charge on any atom is -0.466 e. The molecule has 10 nitrogen and oxygen atoms in total. The SMILES string of the molecule is CCOP(=O)(OCC)C(CC1(C(=O)OC(C)(C)C)Oc2ccccc2C1=O)P(=O)(OCC)OCC. The molecule has 2 rings (SSSR count). The van der Waals surface area contributed by atoms with Crippen molar-refractivity contribution in [3.05, 3.63) is 29.8 Å². The van der Waals surface area contributed by atoms with Crippen molar-refractivity contribution in [1.29, 1.82) is 0 Å². The van der Waals surface area contributed by atoms with Gasteiger partial charge in [-0.05, 0) is 60.6 Å². The van der Waals surface area contributed by atoms with Crippen LogP contribution in [0.4, 0.5) is 0 Å². The Morgan fingerprint density at radius 1 is 0.914 bits per heavy atom. The van der Waals surface area contributed by atoms with E-state index in [0.29, 0.717) is 0 Å². The molecule has 0 saturated heterocycles. The molecule has 1 aliphatic heterocycles. The second-order valence-electron chi connectivity index (χ2n) is 8.69. The van der Waals surface area contributed by atoms with Crippen LogP contribution < -0.4 is 4.74 Å². The first-order valence-electron chi connectivity index (χ1n) is 11.7. The second kappa shape index (κ2) is 11.7. The Balaban J connectivity index is 2.75. The molecule has 35 heavy (non-hydrogen) atoms. The first-order chi connectivity index (χ1) is 16.3. The fourth-order valence-corrected chi connectivity index (χ4v) is 9.12. The molecule has 0 aliphatic carbocycles. The maximum atomic E-state index is 14.0. The van der Waals surface area contributed by atoms with Crippen molar-refractivity contribution in [2.45, 2.75) is 71.5 Å². The van der Waals surface area contributed by atoms with E-state index in [0.717, 1.165) is 0 Å². The molecule has 0 fully saturated rings. The minimum atomic E-state index is -4.27. The van der Waals surface area contributed by atoms with Gasteiger partial charge in [0.25, 0.3) is 5.60 Å². The van der Waals surface area contributed by atoms with Crippen molar-refractivity contribution < 1.29 is 46.3 Å². The largest absolute Gasteiger partial charge is 0.466 e. The molecular formula is C23H36O10P2. The van der Waals surface area contributed by atoms with Crippen LogP contribution in [0.3, 0.4) is 0 Å². The third-order valence-corrected chi connectivity index (χ3v) is 10.9. The predicted octanol–water partition coefficient (Wildman–Crippen LogP) is 5.59. The molecule has 0 amide bonds.